The van der Waals surface area contributed by atoms with Crippen LogP contribution < -0.4 is 10.1 Å². The van der Waals surface area contributed by atoms with Crippen molar-refractivity contribution in [2.24, 2.45) is 0 Å². The monoisotopic (exact) mass is 394 g/mol. The number of hydrogen-bond acceptors (Lipinski definition) is 5. The Bertz CT molecular complexity index is 848. The van der Waals surface area contributed by atoms with E-state index in [1.54, 1.807) is 5.32 Å². The smallest absolute Gasteiger partial charge is 0.417 e. The molecule has 2 rings (SSSR count). The Kier molecular flexibility index (Phi) is 5.28. The molecule has 2 N–H and O–H groups in total. The Balaban J connectivity index is 2.26. The van der Waals surface area contributed by atoms with Crippen LogP contribution in [0, 0.1) is 0 Å². The molecular weight excluding hydrogens is 381 g/mol. The fraction of sp³-hybridized carbons (Fsp3) is 0.286. The zero-order valence-electron chi connectivity index (χ0n) is 13.1. The SMILES string of the molecule is CC(=O)c1ccc(OCN2C(=O)NC=C(C(F)(F)F)C2S(=O)(=O)O)cc1. The average molecular weight is 394 g/mol. The molecule has 0 radical (unpaired) electrons. The van der Waals surface area contributed by atoms with Crippen LogP contribution in [0.4, 0.5) is 18.0 Å². The normalized spacial score (nSPS) is 18.2. The number of Topliss-reactive ketones (excluding diaryl/α,β-unsaturated/α-hetero) is 1. The van der Waals surface area contributed by atoms with Crippen molar-refractivity contribution in [1.29, 1.82) is 0 Å². The maximum absolute atomic E-state index is 13.0. The van der Waals surface area contributed by atoms with Crippen LogP contribution >= 0.6 is 0 Å². The van der Waals surface area contributed by atoms with Crippen molar-refractivity contribution in [3.63, 3.8) is 0 Å². The van der Waals surface area contributed by atoms with Gasteiger partial charge in [0.2, 0.25) is 0 Å². The number of ether oxygens (including phenoxy) is 1. The largest absolute Gasteiger partial charge is 0.473 e. The van der Waals surface area contributed by atoms with Crippen molar-refractivity contribution in [2.75, 3.05) is 6.73 Å². The second-order valence-corrected chi connectivity index (χ2v) is 6.71. The van der Waals surface area contributed by atoms with Gasteiger partial charge in [0.25, 0.3) is 10.1 Å². The number of nitrogens with zero attached hydrogens (tertiary/aromatic N) is 1. The Labute approximate surface area is 146 Å². The van der Waals surface area contributed by atoms with Gasteiger partial charge < -0.3 is 10.1 Å². The first-order chi connectivity index (χ1) is 11.9. The van der Waals surface area contributed by atoms with Crippen LogP contribution in [0.1, 0.15) is 17.3 Å². The molecule has 0 bridgehead atoms. The van der Waals surface area contributed by atoms with Crippen LogP contribution in [0.5, 0.6) is 5.75 Å². The van der Waals surface area contributed by atoms with Crippen LogP contribution in [0.15, 0.2) is 36.0 Å². The Morgan fingerprint density at radius 1 is 1.31 bits per heavy atom. The van der Waals surface area contributed by atoms with Crippen molar-refractivity contribution in [1.82, 2.24) is 10.2 Å². The summed E-state index contributed by atoms with van der Waals surface area (Å²) >= 11 is 0. The van der Waals surface area contributed by atoms with Gasteiger partial charge in [0.15, 0.2) is 17.9 Å². The van der Waals surface area contributed by atoms with Crippen molar-refractivity contribution in [2.45, 2.75) is 18.5 Å². The van der Waals surface area contributed by atoms with Gasteiger partial charge in [-0.05, 0) is 31.2 Å². The lowest BCUT2D eigenvalue weighted by atomic mass is 10.1. The first-order valence-electron chi connectivity index (χ1n) is 6.96. The highest BCUT2D eigenvalue weighted by Gasteiger charge is 2.50. The van der Waals surface area contributed by atoms with Gasteiger partial charge >= 0.3 is 12.2 Å². The number of carbonyl (C=O) groups is 2. The zero-order valence-corrected chi connectivity index (χ0v) is 14.0. The molecule has 12 heteroatoms. The van der Waals surface area contributed by atoms with E-state index in [2.05, 4.69) is 0 Å². The fourth-order valence-electron chi connectivity index (χ4n) is 2.17. The summed E-state index contributed by atoms with van der Waals surface area (Å²) in [5.74, 6) is -0.154. The van der Waals surface area contributed by atoms with E-state index in [0.29, 0.717) is 5.56 Å². The predicted octanol–water partition coefficient (Wildman–Crippen LogP) is 1.91. The minimum atomic E-state index is -5.31. The number of urea groups is 1. The third-order valence-electron chi connectivity index (χ3n) is 3.40. The minimum absolute atomic E-state index is 0.0694. The molecule has 0 spiro atoms. The first-order valence-corrected chi connectivity index (χ1v) is 8.46. The molecule has 8 nitrogen and oxygen atoms in total. The van der Waals surface area contributed by atoms with Gasteiger partial charge in [0, 0.05) is 11.8 Å². The maximum atomic E-state index is 13.0. The van der Waals surface area contributed by atoms with Crippen LogP contribution in [-0.2, 0) is 10.1 Å². The van der Waals surface area contributed by atoms with Crippen LogP contribution in [0.2, 0.25) is 0 Å². The topological polar surface area (TPSA) is 113 Å². The molecule has 0 aliphatic carbocycles. The molecule has 0 fully saturated rings. The quantitative estimate of drug-likeness (QED) is 0.583. The molecule has 1 aromatic rings. The number of halogens is 3. The number of alkyl halides is 3. The third kappa shape index (κ3) is 4.32. The van der Waals surface area contributed by atoms with Gasteiger partial charge in [-0.1, -0.05) is 0 Å². The number of benzene rings is 1. The highest BCUT2D eigenvalue weighted by Crippen LogP contribution is 2.34. The lowest BCUT2D eigenvalue weighted by Crippen LogP contribution is -2.56. The molecule has 0 saturated carbocycles. The van der Waals surface area contributed by atoms with Crippen molar-refractivity contribution < 1.29 is 40.5 Å². The summed E-state index contributed by atoms with van der Waals surface area (Å²) in [5, 5.41) is -0.918. The molecular formula is C14H13F3N2O6S. The first kappa shape index (κ1) is 19.7. The molecule has 0 saturated heterocycles. The molecule has 2 amide bonds. The second-order valence-electron chi connectivity index (χ2n) is 5.24. The summed E-state index contributed by atoms with van der Waals surface area (Å²) in [6.45, 7) is 0.429. The summed E-state index contributed by atoms with van der Waals surface area (Å²) in [4.78, 5) is 23.1. The molecule has 1 aliphatic rings. The molecule has 26 heavy (non-hydrogen) atoms. The van der Waals surface area contributed by atoms with Gasteiger partial charge in [-0.25, -0.2) is 4.79 Å². The van der Waals surface area contributed by atoms with Gasteiger partial charge in [0.05, 0.1) is 5.57 Å². The molecule has 1 aliphatic heterocycles. The number of ketones is 1. The number of carbonyl (C=O) groups excluding carboxylic acids is 2. The highest BCUT2D eigenvalue weighted by atomic mass is 32.2. The van der Waals surface area contributed by atoms with E-state index >= 15 is 0 Å². The number of rotatable bonds is 5. The van der Waals surface area contributed by atoms with E-state index in [1.165, 1.54) is 31.2 Å². The molecule has 0 aromatic heterocycles. The summed E-state index contributed by atoms with van der Waals surface area (Å²) in [6, 6.07) is 4.20. The Morgan fingerprint density at radius 3 is 2.35 bits per heavy atom. The lowest BCUT2D eigenvalue weighted by Gasteiger charge is -2.34. The number of amides is 2. The molecule has 1 aromatic carbocycles. The van der Waals surface area contributed by atoms with Crippen molar-refractivity contribution in [3.05, 3.63) is 41.6 Å². The third-order valence-corrected chi connectivity index (χ3v) is 4.47. The van der Waals surface area contributed by atoms with Crippen LogP contribution in [-0.4, -0.2) is 48.0 Å². The zero-order chi connectivity index (χ0) is 19.7. The molecule has 142 valence electrons. The lowest BCUT2D eigenvalue weighted by molar-refractivity contribution is -0.0992. The maximum Gasteiger partial charge on any atom is 0.417 e. The fourth-order valence-corrected chi connectivity index (χ4v) is 3.17. The summed E-state index contributed by atoms with van der Waals surface area (Å²) in [5.41, 5.74) is -1.32. The summed E-state index contributed by atoms with van der Waals surface area (Å²) in [6.07, 6.45) is -4.94. The van der Waals surface area contributed by atoms with E-state index < -0.39 is 40.0 Å². The van der Waals surface area contributed by atoms with Crippen molar-refractivity contribution in [3.8, 4) is 5.75 Å². The average Bonchev–Trinajstić information content (AvgIpc) is 2.51. The van der Waals surface area contributed by atoms with Gasteiger partial charge in [-0.15, -0.1) is 0 Å². The van der Waals surface area contributed by atoms with Crippen LogP contribution in [0.25, 0.3) is 0 Å². The number of hydrogen-bond donors (Lipinski definition) is 2. The summed E-state index contributed by atoms with van der Waals surface area (Å²) < 4.78 is 76.2. The summed E-state index contributed by atoms with van der Waals surface area (Å²) in [7, 11) is -5.31. The molecule has 1 atom stereocenters. The van der Waals surface area contributed by atoms with Crippen molar-refractivity contribution >= 4 is 21.9 Å². The van der Waals surface area contributed by atoms with E-state index in [4.69, 9.17) is 4.74 Å². The predicted molar refractivity (Wildman–Crippen MR) is 81.8 cm³/mol. The minimum Gasteiger partial charge on any atom is -0.473 e. The van der Waals surface area contributed by atoms with Crippen LogP contribution in [0.3, 0.4) is 0 Å². The molecule has 1 unspecified atom stereocenters. The Morgan fingerprint density at radius 2 is 1.88 bits per heavy atom. The van der Waals surface area contributed by atoms with E-state index in [9.17, 15) is 35.7 Å². The Hall–Kier alpha value is -2.60. The van der Waals surface area contributed by atoms with Gasteiger partial charge in [0.1, 0.15) is 5.75 Å². The van der Waals surface area contributed by atoms with E-state index in [1.807, 2.05) is 0 Å². The molecule has 1 heterocycles. The van der Waals surface area contributed by atoms with E-state index in [-0.39, 0.29) is 22.6 Å². The van der Waals surface area contributed by atoms with E-state index in [0.717, 1.165) is 0 Å². The highest BCUT2D eigenvalue weighted by molar-refractivity contribution is 7.86. The van der Waals surface area contributed by atoms with Gasteiger partial charge in [-0.2, -0.15) is 21.6 Å². The second kappa shape index (κ2) is 6.96. The number of nitrogens with one attached hydrogen (secondary N) is 1. The standard InChI is InChI=1S/C14H13F3N2O6S/c1-8(20)9-2-4-10(5-3-9)25-7-19-12(26(22,23)24)11(14(15,16)17)6-18-13(19)21/h2-6,12H,7H2,1H3,(H,18,21)(H,22,23,24). The van der Waals surface area contributed by atoms with Gasteiger partial charge in [-0.3, -0.25) is 14.2 Å².